The molecule has 0 saturated carbocycles. The highest BCUT2D eigenvalue weighted by molar-refractivity contribution is 5.85. The smallest absolute Gasteiger partial charge is 0.230 e. The van der Waals surface area contributed by atoms with Gasteiger partial charge < -0.3 is 14.8 Å². The van der Waals surface area contributed by atoms with Crippen LogP contribution in [0.4, 0.5) is 0 Å². The predicted octanol–water partition coefficient (Wildman–Crippen LogP) is -0.0139. The minimum absolute atomic E-state index is 0. The summed E-state index contributed by atoms with van der Waals surface area (Å²) in [6.07, 6.45) is -0.320. The van der Waals surface area contributed by atoms with Gasteiger partial charge in [0.2, 0.25) is 11.8 Å². The molecule has 0 spiro atoms. The van der Waals surface area contributed by atoms with Crippen molar-refractivity contribution in [3.05, 3.63) is 11.8 Å². The van der Waals surface area contributed by atoms with Crippen LogP contribution < -0.4 is 5.32 Å². The van der Waals surface area contributed by atoms with Crippen LogP contribution in [-0.4, -0.2) is 52.5 Å². The van der Waals surface area contributed by atoms with E-state index in [2.05, 4.69) is 15.5 Å². The molecule has 2 rings (SSSR count). The van der Waals surface area contributed by atoms with Crippen molar-refractivity contribution in [3.8, 4) is 0 Å². The maximum Gasteiger partial charge on any atom is 0.230 e. The van der Waals surface area contributed by atoms with Crippen LogP contribution >= 0.6 is 24.8 Å². The van der Waals surface area contributed by atoms with Gasteiger partial charge in [-0.3, -0.25) is 4.90 Å². The molecule has 2 heterocycles. The molecule has 2 unspecified atom stereocenters. The molecule has 1 aliphatic rings. The Morgan fingerprint density at radius 2 is 2.12 bits per heavy atom. The Labute approximate surface area is 113 Å². The summed E-state index contributed by atoms with van der Waals surface area (Å²) in [7, 11) is 1.94. The number of aliphatic hydroxyl groups is 1. The molecule has 1 saturated heterocycles. The quantitative estimate of drug-likeness (QED) is 0.813. The molecule has 100 valence electrons. The molecule has 1 aromatic rings. The monoisotopic (exact) mass is 284 g/mol. The highest BCUT2D eigenvalue weighted by Gasteiger charge is 2.29. The molecular weight excluding hydrogens is 267 g/mol. The van der Waals surface area contributed by atoms with E-state index in [1.807, 2.05) is 11.9 Å². The van der Waals surface area contributed by atoms with Crippen LogP contribution in [0.1, 0.15) is 11.8 Å². The number of rotatable bonds is 3. The van der Waals surface area contributed by atoms with Gasteiger partial charge in [-0.05, 0) is 7.05 Å². The summed E-state index contributed by atoms with van der Waals surface area (Å²) < 4.78 is 5.28. The lowest BCUT2D eigenvalue weighted by atomic mass is 10.2. The van der Waals surface area contributed by atoms with Gasteiger partial charge in [-0.15, -0.1) is 35.0 Å². The summed E-state index contributed by atoms with van der Waals surface area (Å²) in [6.45, 7) is 3.79. The Morgan fingerprint density at radius 3 is 2.59 bits per heavy atom. The second-order valence-electron chi connectivity index (χ2n) is 3.92. The number of nitrogens with one attached hydrogen (secondary N) is 1. The first-order chi connectivity index (χ1) is 7.16. The van der Waals surface area contributed by atoms with Crippen molar-refractivity contribution in [1.82, 2.24) is 20.4 Å². The number of hydrogen-bond acceptors (Lipinski definition) is 6. The highest BCUT2D eigenvalue weighted by atomic mass is 35.5. The minimum Gasteiger partial charge on any atom is -0.424 e. The molecule has 0 radical (unpaired) electrons. The van der Waals surface area contributed by atoms with Crippen LogP contribution in [0.25, 0.3) is 0 Å². The number of nitrogens with zero attached hydrogens (tertiary/aromatic N) is 3. The number of likely N-dealkylation sites (N-methyl/N-ethyl adjacent to an activating group) is 1. The van der Waals surface area contributed by atoms with Crippen molar-refractivity contribution in [2.24, 2.45) is 0 Å². The molecule has 2 N–H and O–H groups in total. The average molecular weight is 285 g/mol. The van der Waals surface area contributed by atoms with Crippen LogP contribution in [0.15, 0.2) is 4.42 Å². The van der Waals surface area contributed by atoms with Gasteiger partial charge >= 0.3 is 0 Å². The number of aromatic nitrogens is 2. The number of aryl methyl sites for hydroxylation is 1. The van der Waals surface area contributed by atoms with E-state index in [0.717, 1.165) is 6.54 Å². The lowest BCUT2D eigenvalue weighted by Crippen LogP contribution is -2.40. The van der Waals surface area contributed by atoms with Crippen LogP contribution in [0, 0.1) is 6.92 Å². The minimum atomic E-state index is -0.320. The fourth-order valence-electron chi connectivity index (χ4n) is 1.83. The third-order valence-corrected chi connectivity index (χ3v) is 2.67. The molecule has 0 amide bonds. The van der Waals surface area contributed by atoms with E-state index in [4.69, 9.17) is 4.42 Å². The van der Waals surface area contributed by atoms with Crippen molar-refractivity contribution in [2.75, 3.05) is 20.1 Å². The topological polar surface area (TPSA) is 74.4 Å². The third-order valence-electron chi connectivity index (χ3n) is 2.67. The first-order valence-corrected chi connectivity index (χ1v) is 5.05. The van der Waals surface area contributed by atoms with Crippen molar-refractivity contribution in [3.63, 3.8) is 0 Å². The summed E-state index contributed by atoms with van der Waals surface area (Å²) in [4.78, 5) is 2.03. The van der Waals surface area contributed by atoms with E-state index >= 15 is 0 Å². The second kappa shape index (κ2) is 7.13. The Morgan fingerprint density at radius 1 is 1.41 bits per heavy atom. The summed E-state index contributed by atoms with van der Waals surface area (Å²) in [5.74, 6) is 1.16. The summed E-state index contributed by atoms with van der Waals surface area (Å²) in [5, 5.41) is 20.5. The standard InChI is InChI=1S/C9H16N4O2.2ClH/c1-6-11-12-9(15-6)5-13(2)7-3-10-4-8(7)14;;/h7-8,10,14H,3-5H2,1-2H3;2*1H. The molecule has 6 nitrogen and oxygen atoms in total. The lowest BCUT2D eigenvalue weighted by Gasteiger charge is -2.24. The van der Waals surface area contributed by atoms with Crippen LogP contribution in [0.5, 0.6) is 0 Å². The van der Waals surface area contributed by atoms with Gasteiger partial charge in [-0.1, -0.05) is 0 Å². The van der Waals surface area contributed by atoms with E-state index in [9.17, 15) is 5.11 Å². The molecule has 1 aromatic heterocycles. The van der Waals surface area contributed by atoms with Gasteiger partial charge in [-0.2, -0.15) is 0 Å². The maximum absolute atomic E-state index is 9.67. The number of β-amino-alcohol motifs (C(OH)–C–C–N with tert-alkyl or cyclic N) is 1. The van der Waals surface area contributed by atoms with E-state index in [1.54, 1.807) is 6.92 Å². The predicted molar refractivity (Wildman–Crippen MR) is 67.7 cm³/mol. The zero-order valence-corrected chi connectivity index (χ0v) is 11.4. The molecule has 17 heavy (non-hydrogen) atoms. The SMILES string of the molecule is Cc1nnc(CN(C)C2CNCC2O)o1.Cl.Cl. The van der Waals surface area contributed by atoms with Gasteiger partial charge in [0.25, 0.3) is 0 Å². The fraction of sp³-hybridized carbons (Fsp3) is 0.778. The van der Waals surface area contributed by atoms with Gasteiger partial charge in [0.05, 0.1) is 12.6 Å². The van der Waals surface area contributed by atoms with Crippen molar-refractivity contribution < 1.29 is 9.52 Å². The molecule has 1 aliphatic heterocycles. The van der Waals surface area contributed by atoms with Gasteiger partial charge in [-0.25, -0.2) is 0 Å². The second-order valence-corrected chi connectivity index (χ2v) is 3.92. The molecule has 8 heteroatoms. The molecule has 0 bridgehead atoms. The van der Waals surface area contributed by atoms with Crippen molar-refractivity contribution in [2.45, 2.75) is 25.6 Å². The summed E-state index contributed by atoms with van der Waals surface area (Å²) in [6, 6.07) is 0.122. The fourth-order valence-corrected chi connectivity index (χ4v) is 1.83. The van der Waals surface area contributed by atoms with E-state index in [-0.39, 0.29) is 37.0 Å². The number of halogens is 2. The van der Waals surface area contributed by atoms with Crippen molar-refractivity contribution in [1.29, 1.82) is 0 Å². The normalized spacial score (nSPS) is 23.3. The molecule has 0 aromatic carbocycles. The highest BCUT2D eigenvalue weighted by Crippen LogP contribution is 2.10. The Balaban J connectivity index is 0.00000128. The van der Waals surface area contributed by atoms with E-state index in [0.29, 0.717) is 24.9 Å². The van der Waals surface area contributed by atoms with Crippen LogP contribution in [-0.2, 0) is 6.54 Å². The third kappa shape index (κ3) is 4.08. The van der Waals surface area contributed by atoms with Gasteiger partial charge in [0, 0.05) is 26.1 Å². The first-order valence-electron chi connectivity index (χ1n) is 5.05. The summed E-state index contributed by atoms with van der Waals surface area (Å²) >= 11 is 0. The maximum atomic E-state index is 9.67. The molecule has 2 atom stereocenters. The molecular formula is C9H18Cl2N4O2. The Bertz CT molecular complexity index is 337. The van der Waals surface area contributed by atoms with Gasteiger partial charge in [0.1, 0.15) is 0 Å². The zero-order chi connectivity index (χ0) is 10.8. The Kier molecular flexibility index (Phi) is 6.96. The lowest BCUT2D eigenvalue weighted by molar-refractivity contribution is 0.0903. The van der Waals surface area contributed by atoms with E-state index in [1.165, 1.54) is 0 Å². The van der Waals surface area contributed by atoms with Crippen LogP contribution in [0.3, 0.4) is 0 Å². The molecule has 1 fully saturated rings. The summed E-state index contributed by atoms with van der Waals surface area (Å²) in [5.41, 5.74) is 0. The Hall–Kier alpha value is -0.400. The average Bonchev–Trinajstić information content (AvgIpc) is 2.75. The number of aliphatic hydroxyl groups excluding tert-OH is 1. The van der Waals surface area contributed by atoms with Gasteiger partial charge in [0.15, 0.2) is 0 Å². The largest absolute Gasteiger partial charge is 0.424 e. The molecule has 0 aliphatic carbocycles. The number of hydrogen-bond donors (Lipinski definition) is 2. The first kappa shape index (κ1) is 16.6. The van der Waals surface area contributed by atoms with Crippen molar-refractivity contribution >= 4 is 24.8 Å². The van der Waals surface area contributed by atoms with E-state index < -0.39 is 0 Å². The van der Waals surface area contributed by atoms with Crippen LogP contribution in [0.2, 0.25) is 0 Å². The zero-order valence-electron chi connectivity index (χ0n) is 9.79.